The van der Waals surface area contributed by atoms with E-state index in [0.717, 1.165) is 44.4 Å². The van der Waals surface area contributed by atoms with Gasteiger partial charge in [0, 0.05) is 32.7 Å². The summed E-state index contributed by atoms with van der Waals surface area (Å²) in [7, 11) is 1.70. The van der Waals surface area contributed by atoms with E-state index < -0.39 is 0 Å². The number of guanidine groups is 1. The minimum absolute atomic E-state index is 0.449. The van der Waals surface area contributed by atoms with Gasteiger partial charge in [0.1, 0.15) is 12.4 Å². The summed E-state index contributed by atoms with van der Waals surface area (Å²) in [6.07, 6.45) is 1.13. The lowest BCUT2D eigenvalue weighted by atomic mass is 10.0. The first-order valence-electron chi connectivity index (χ1n) is 10.5. The van der Waals surface area contributed by atoms with Crippen molar-refractivity contribution in [2.24, 2.45) is 10.9 Å². The quantitative estimate of drug-likeness (QED) is 0.357. The molecule has 1 heterocycles. The molecule has 0 aromatic heterocycles. The molecule has 0 bridgehead atoms. The first-order valence-corrected chi connectivity index (χ1v) is 10.5. The molecule has 158 valence electrons. The lowest BCUT2D eigenvalue weighted by Gasteiger charge is -2.22. The summed E-state index contributed by atoms with van der Waals surface area (Å²) in [6, 6.07) is 8.26. The van der Waals surface area contributed by atoms with Crippen LogP contribution in [0.2, 0.25) is 0 Å². The van der Waals surface area contributed by atoms with Gasteiger partial charge >= 0.3 is 0 Å². The van der Waals surface area contributed by atoms with E-state index in [1.807, 2.05) is 12.1 Å². The van der Waals surface area contributed by atoms with Gasteiger partial charge in [-0.2, -0.15) is 0 Å². The van der Waals surface area contributed by atoms with Gasteiger partial charge in [-0.05, 0) is 30.9 Å². The highest BCUT2D eigenvalue weighted by molar-refractivity contribution is 5.80. The Bertz CT molecular complexity index is 592. The fourth-order valence-corrected chi connectivity index (χ4v) is 3.38. The van der Waals surface area contributed by atoms with Crippen LogP contribution in [0.1, 0.15) is 38.7 Å². The summed E-state index contributed by atoms with van der Waals surface area (Å²) in [5.41, 5.74) is 1.24. The Labute approximate surface area is 170 Å². The number of methoxy groups -OCH3 is 1. The SMILES string of the molecule is CCNC(=NCCOc1ccccc1C(C)C)N1CCC(COCCOC)C1. The number of hydrogen-bond donors (Lipinski definition) is 1. The molecule has 1 aliphatic rings. The third kappa shape index (κ3) is 7.32. The van der Waals surface area contributed by atoms with Gasteiger partial charge in [0.15, 0.2) is 5.96 Å². The molecule has 0 aliphatic carbocycles. The van der Waals surface area contributed by atoms with E-state index in [1.165, 1.54) is 5.56 Å². The molecule has 1 saturated heterocycles. The van der Waals surface area contributed by atoms with Crippen molar-refractivity contribution in [3.63, 3.8) is 0 Å². The Balaban J connectivity index is 1.81. The highest BCUT2D eigenvalue weighted by Gasteiger charge is 2.24. The number of nitrogens with one attached hydrogen (secondary N) is 1. The summed E-state index contributed by atoms with van der Waals surface area (Å²) >= 11 is 0. The van der Waals surface area contributed by atoms with Crippen LogP contribution >= 0.6 is 0 Å². The molecular weight excluding hydrogens is 354 g/mol. The van der Waals surface area contributed by atoms with Crippen molar-refractivity contribution in [1.29, 1.82) is 0 Å². The van der Waals surface area contributed by atoms with Crippen molar-refractivity contribution in [3.05, 3.63) is 29.8 Å². The molecule has 1 atom stereocenters. The van der Waals surface area contributed by atoms with E-state index in [4.69, 9.17) is 19.2 Å². The molecule has 0 amide bonds. The maximum Gasteiger partial charge on any atom is 0.194 e. The van der Waals surface area contributed by atoms with Crippen LogP contribution in [0.15, 0.2) is 29.3 Å². The number of hydrogen-bond acceptors (Lipinski definition) is 4. The molecule has 1 aromatic carbocycles. The van der Waals surface area contributed by atoms with Crippen LogP contribution in [0.3, 0.4) is 0 Å². The van der Waals surface area contributed by atoms with Crippen LogP contribution in [-0.4, -0.2) is 70.6 Å². The summed E-state index contributed by atoms with van der Waals surface area (Å²) in [4.78, 5) is 7.10. The van der Waals surface area contributed by atoms with Crippen LogP contribution in [-0.2, 0) is 9.47 Å². The molecular formula is C22H37N3O3. The second kappa shape index (κ2) is 12.6. The standard InChI is InChI=1S/C22H37N3O3/c1-5-23-22(25-12-10-19(16-25)17-27-15-14-26-4)24-11-13-28-21-9-7-6-8-20(21)18(2)3/h6-9,18-19H,5,10-17H2,1-4H3,(H,23,24). The molecule has 6 nitrogen and oxygen atoms in total. The summed E-state index contributed by atoms with van der Waals surface area (Å²) in [5, 5.41) is 3.41. The van der Waals surface area contributed by atoms with E-state index in [-0.39, 0.29) is 0 Å². The Hall–Kier alpha value is -1.79. The lowest BCUT2D eigenvalue weighted by Crippen LogP contribution is -2.40. The molecule has 2 rings (SSSR count). The third-order valence-corrected chi connectivity index (χ3v) is 4.86. The van der Waals surface area contributed by atoms with E-state index in [9.17, 15) is 0 Å². The van der Waals surface area contributed by atoms with E-state index in [1.54, 1.807) is 7.11 Å². The molecule has 1 fully saturated rings. The zero-order chi connectivity index (χ0) is 20.2. The molecule has 0 radical (unpaired) electrons. The second-order valence-electron chi connectivity index (χ2n) is 7.45. The van der Waals surface area contributed by atoms with E-state index in [0.29, 0.717) is 38.2 Å². The summed E-state index contributed by atoms with van der Waals surface area (Å²) < 4.78 is 16.7. The van der Waals surface area contributed by atoms with Crippen LogP contribution in [0.4, 0.5) is 0 Å². The molecule has 0 spiro atoms. The predicted octanol–water partition coefficient (Wildman–Crippen LogP) is 3.14. The second-order valence-corrected chi connectivity index (χ2v) is 7.45. The Kier molecular flexibility index (Phi) is 10.1. The van der Waals surface area contributed by atoms with Crippen LogP contribution < -0.4 is 10.1 Å². The number of benzene rings is 1. The molecule has 1 N–H and O–H groups in total. The first kappa shape index (κ1) is 22.5. The van der Waals surface area contributed by atoms with Gasteiger partial charge in [-0.3, -0.25) is 0 Å². The maximum atomic E-state index is 6.00. The molecule has 1 aromatic rings. The van der Waals surface area contributed by atoms with Crippen molar-refractivity contribution in [1.82, 2.24) is 10.2 Å². The summed E-state index contributed by atoms with van der Waals surface area (Å²) in [5.74, 6) is 2.94. The fraction of sp³-hybridized carbons (Fsp3) is 0.682. The third-order valence-electron chi connectivity index (χ3n) is 4.86. The average molecular weight is 392 g/mol. The highest BCUT2D eigenvalue weighted by Crippen LogP contribution is 2.25. The highest BCUT2D eigenvalue weighted by atomic mass is 16.5. The number of likely N-dealkylation sites (tertiary alicyclic amines) is 1. The normalized spacial score (nSPS) is 17.4. The van der Waals surface area contributed by atoms with Crippen molar-refractivity contribution in [3.8, 4) is 5.75 Å². The number of aliphatic imine (C=N–C) groups is 1. The minimum Gasteiger partial charge on any atom is -0.491 e. The van der Waals surface area contributed by atoms with Gasteiger partial charge in [0.2, 0.25) is 0 Å². The van der Waals surface area contributed by atoms with Gasteiger partial charge in [0.25, 0.3) is 0 Å². The van der Waals surface area contributed by atoms with Crippen LogP contribution in [0, 0.1) is 5.92 Å². The van der Waals surface area contributed by atoms with E-state index in [2.05, 4.69) is 43.1 Å². The van der Waals surface area contributed by atoms with E-state index >= 15 is 0 Å². The lowest BCUT2D eigenvalue weighted by molar-refractivity contribution is 0.0536. The molecule has 1 unspecified atom stereocenters. The number of nitrogens with zero attached hydrogens (tertiary/aromatic N) is 2. The zero-order valence-electron chi connectivity index (χ0n) is 17.9. The van der Waals surface area contributed by atoms with Gasteiger partial charge < -0.3 is 24.4 Å². The van der Waals surface area contributed by atoms with Crippen LogP contribution in [0.5, 0.6) is 5.75 Å². The van der Waals surface area contributed by atoms with Gasteiger partial charge in [-0.15, -0.1) is 0 Å². The minimum atomic E-state index is 0.449. The van der Waals surface area contributed by atoms with Crippen molar-refractivity contribution >= 4 is 5.96 Å². The zero-order valence-corrected chi connectivity index (χ0v) is 17.9. The van der Waals surface area contributed by atoms with Crippen molar-refractivity contribution < 1.29 is 14.2 Å². The van der Waals surface area contributed by atoms with Gasteiger partial charge in [-0.25, -0.2) is 4.99 Å². The molecule has 0 saturated carbocycles. The maximum absolute atomic E-state index is 6.00. The van der Waals surface area contributed by atoms with Crippen molar-refractivity contribution in [2.45, 2.75) is 33.1 Å². The largest absolute Gasteiger partial charge is 0.491 e. The van der Waals surface area contributed by atoms with Gasteiger partial charge in [-0.1, -0.05) is 32.0 Å². The smallest absolute Gasteiger partial charge is 0.194 e. The molecule has 6 heteroatoms. The Morgan fingerprint density at radius 3 is 2.82 bits per heavy atom. The molecule has 1 aliphatic heterocycles. The number of rotatable bonds is 11. The Morgan fingerprint density at radius 1 is 1.25 bits per heavy atom. The average Bonchev–Trinajstić information content (AvgIpc) is 3.16. The predicted molar refractivity (Wildman–Crippen MR) is 114 cm³/mol. The summed E-state index contributed by atoms with van der Waals surface area (Å²) in [6.45, 7) is 12.7. The monoisotopic (exact) mass is 391 g/mol. The number of para-hydroxylation sites is 1. The van der Waals surface area contributed by atoms with Crippen LogP contribution in [0.25, 0.3) is 0 Å². The number of ether oxygens (including phenoxy) is 3. The Morgan fingerprint density at radius 2 is 2.07 bits per heavy atom. The van der Waals surface area contributed by atoms with Crippen molar-refractivity contribution in [2.75, 3.05) is 59.7 Å². The van der Waals surface area contributed by atoms with Gasteiger partial charge in [0.05, 0.1) is 26.4 Å². The topological polar surface area (TPSA) is 55.3 Å². The molecule has 28 heavy (non-hydrogen) atoms. The fourth-order valence-electron chi connectivity index (χ4n) is 3.38. The first-order chi connectivity index (χ1) is 13.7.